The zero-order valence-corrected chi connectivity index (χ0v) is 10.8. The molecule has 0 aromatic heterocycles. The lowest BCUT2D eigenvalue weighted by Gasteiger charge is -2.03. The van der Waals surface area contributed by atoms with Gasteiger partial charge >= 0.3 is 0 Å². The van der Waals surface area contributed by atoms with Crippen molar-refractivity contribution in [1.82, 2.24) is 0 Å². The predicted molar refractivity (Wildman–Crippen MR) is 74.6 cm³/mol. The van der Waals surface area contributed by atoms with E-state index in [1.54, 1.807) is 0 Å². The molecule has 2 aromatic carbocycles. The summed E-state index contributed by atoms with van der Waals surface area (Å²) in [5, 5.41) is 4.13. The maximum atomic E-state index is 5.36. The molecule has 2 rings (SSSR count). The van der Waals surface area contributed by atoms with Crippen molar-refractivity contribution < 1.29 is 4.84 Å². The van der Waals surface area contributed by atoms with E-state index in [9.17, 15) is 0 Å². The van der Waals surface area contributed by atoms with Gasteiger partial charge in [-0.25, -0.2) is 0 Å². The highest BCUT2D eigenvalue weighted by Gasteiger charge is 1.96. The lowest BCUT2D eigenvalue weighted by molar-refractivity contribution is 0.130. The molecule has 0 saturated carbocycles. The van der Waals surface area contributed by atoms with E-state index in [-0.39, 0.29) is 0 Å². The summed E-state index contributed by atoms with van der Waals surface area (Å²) in [6, 6.07) is 18.3. The molecule has 2 aromatic rings. The minimum Gasteiger partial charge on any atom is -0.391 e. The smallest absolute Gasteiger partial charge is 0.142 e. The highest BCUT2D eigenvalue weighted by atomic mass is 16.6. The fourth-order valence-electron chi connectivity index (χ4n) is 1.62. The molecule has 18 heavy (non-hydrogen) atoms. The SMILES string of the molecule is C/C(=N\OCc1ccc(C)cc1)c1ccccc1. The van der Waals surface area contributed by atoms with Crippen LogP contribution in [-0.4, -0.2) is 5.71 Å². The van der Waals surface area contributed by atoms with E-state index in [1.807, 2.05) is 37.3 Å². The first-order valence-electron chi connectivity index (χ1n) is 6.03. The summed E-state index contributed by atoms with van der Waals surface area (Å²) in [4.78, 5) is 5.36. The summed E-state index contributed by atoms with van der Waals surface area (Å²) in [7, 11) is 0. The maximum Gasteiger partial charge on any atom is 0.142 e. The molecule has 0 N–H and O–H groups in total. The summed E-state index contributed by atoms with van der Waals surface area (Å²) >= 11 is 0. The molecular weight excluding hydrogens is 222 g/mol. The Hall–Kier alpha value is -2.09. The molecule has 0 aliphatic rings. The Morgan fingerprint density at radius 1 is 1.00 bits per heavy atom. The molecule has 2 nitrogen and oxygen atoms in total. The monoisotopic (exact) mass is 239 g/mol. The largest absolute Gasteiger partial charge is 0.391 e. The van der Waals surface area contributed by atoms with E-state index >= 15 is 0 Å². The van der Waals surface area contributed by atoms with Crippen LogP contribution in [0.3, 0.4) is 0 Å². The molecule has 0 amide bonds. The second-order valence-corrected chi connectivity index (χ2v) is 4.30. The molecule has 0 atom stereocenters. The normalized spacial score (nSPS) is 11.3. The molecule has 0 fully saturated rings. The number of oxime groups is 1. The Balaban J connectivity index is 1.93. The molecule has 0 spiro atoms. The van der Waals surface area contributed by atoms with Gasteiger partial charge in [-0.15, -0.1) is 0 Å². The summed E-state index contributed by atoms with van der Waals surface area (Å²) in [5.41, 5.74) is 4.36. The highest BCUT2D eigenvalue weighted by Crippen LogP contribution is 2.06. The quantitative estimate of drug-likeness (QED) is 0.585. The van der Waals surface area contributed by atoms with Gasteiger partial charge in [0.25, 0.3) is 0 Å². The Kier molecular flexibility index (Phi) is 4.13. The van der Waals surface area contributed by atoms with E-state index in [0.29, 0.717) is 6.61 Å². The first kappa shape index (κ1) is 12.4. The van der Waals surface area contributed by atoms with Crippen molar-refractivity contribution in [2.45, 2.75) is 20.5 Å². The van der Waals surface area contributed by atoms with Crippen molar-refractivity contribution in [3.05, 3.63) is 71.3 Å². The van der Waals surface area contributed by atoms with Crippen molar-refractivity contribution in [2.75, 3.05) is 0 Å². The average Bonchev–Trinajstić information content (AvgIpc) is 2.42. The zero-order valence-electron chi connectivity index (χ0n) is 10.8. The van der Waals surface area contributed by atoms with Gasteiger partial charge in [0.05, 0.1) is 5.71 Å². The fourth-order valence-corrected chi connectivity index (χ4v) is 1.62. The third kappa shape index (κ3) is 3.45. The van der Waals surface area contributed by atoms with E-state index in [2.05, 4.69) is 36.3 Å². The van der Waals surface area contributed by atoms with Crippen LogP contribution in [0.5, 0.6) is 0 Å². The maximum absolute atomic E-state index is 5.36. The van der Waals surface area contributed by atoms with Crippen molar-refractivity contribution in [1.29, 1.82) is 0 Å². The van der Waals surface area contributed by atoms with Crippen molar-refractivity contribution in [3.8, 4) is 0 Å². The van der Waals surface area contributed by atoms with Gasteiger partial charge in [0.2, 0.25) is 0 Å². The van der Waals surface area contributed by atoms with Crippen LogP contribution in [0.25, 0.3) is 0 Å². The predicted octanol–water partition coefficient (Wildman–Crippen LogP) is 3.94. The summed E-state index contributed by atoms with van der Waals surface area (Å²) in [6.45, 7) is 4.53. The van der Waals surface area contributed by atoms with Gasteiger partial charge < -0.3 is 4.84 Å². The van der Waals surface area contributed by atoms with Gasteiger partial charge in [-0.2, -0.15) is 0 Å². The lowest BCUT2D eigenvalue weighted by atomic mass is 10.1. The van der Waals surface area contributed by atoms with Crippen LogP contribution >= 0.6 is 0 Å². The molecule has 0 unspecified atom stereocenters. The molecule has 0 bridgehead atoms. The van der Waals surface area contributed by atoms with Crippen molar-refractivity contribution in [2.24, 2.45) is 5.16 Å². The molecule has 0 saturated heterocycles. The lowest BCUT2D eigenvalue weighted by Crippen LogP contribution is -1.96. The van der Waals surface area contributed by atoms with Gasteiger partial charge in [-0.1, -0.05) is 65.3 Å². The standard InChI is InChI=1S/C16H17NO/c1-13-8-10-15(11-9-13)12-18-17-14(2)16-6-4-3-5-7-16/h3-11H,12H2,1-2H3/b17-14+. The molecular formula is C16H17NO. The summed E-state index contributed by atoms with van der Waals surface area (Å²) in [6.07, 6.45) is 0. The number of hydrogen-bond donors (Lipinski definition) is 0. The Labute approximate surface area is 108 Å². The Morgan fingerprint density at radius 3 is 2.33 bits per heavy atom. The second kappa shape index (κ2) is 6.01. The van der Waals surface area contributed by atoms with Crippen LogP contribution in [-0.2, 0) is 11.4 Å². The van der Waals surface area contributed by atoms with Gasteiger partial charge in [0.15, 0.2) is 0 Å². The zero-order chi connectivity index (χ0) is 12.8. The van der Waals surface area contributed by atoms with Crippen LogP contribution in [0.15, 0.2) is 59.8 Å². The molecule has 0 aliphatic heterocycles. The third-order valence-electron chi connectivity index (χ3n) is 2.74. The Bertz CT molecular complexity index is 515. The first-order chi connectivity index (χ1) is 8.75. The molecule has 0 aliphatic carbocycles. The number of benzene rings is 2. The third-order valence-corrected chi connectivity index (χ3v) is 2.74. The van der Waals surface area contributed by atoms with Gasteiger partial charge in [0, 0.05) is 0 Å². The van der Waals surface area contributed by atoms with Gasteiger partial charge in [-0.05, 0) is 25.0 Å². The molecule has 0 radical (unpaired) electrons. The van der Waals surface area contributed by atoms with E-state index in [1.165, 1.54) is 5.56 Å². The number of hydrogen-bond acceptors (Lipinski definition) is 2. The van der Waals surface area contributed by atoms with E-state index < -0.39 is 0 Å². The average molecular weight is 239 g/mol. The Morgan fingerprint density at radius 2 is 1.67 bits per heavy atom. The van der Waals surface area contributed by atoms with Crippen LogP contribution in [0.2, 0.25) is 0 Å². The molecule has 0 heterocycles. The van der Waals surface area contributed by atoms with Crippen molar-refractivity contribution in [3.63, 3.8) is 0 Å². The van der Waals surface area contributed by atoms with E-state index in [0.717, 1.165) is 16.8 Å². The number of aryl methyl sites for hydroxylation is 1. The van der Waals surface area contributed by atoms with E-state index in [4.69, 9.17) is 4.84 Å². The minimum absolute atomic E-state index is 0.504. The van der Waals surface area contributed by atoms with Gasteiger partial charge in [-0.3, -0.25) is 0 Å². The van der Waals surface area contributed by atoms with Crippen LogP contribution < -0.4 is 0 Å². The second-order valence-electron chi connectivity index (χ2n) is 4.30. The molecule has 92 valence electrons. The van der Waals surface area contributed by atoms with Crippen LogP contribution in [0.4, 0.5) is 0 Å². The fraction of sp³-hybridized carbons (Fsp3) is 0.188. The van der Waals surface area contributed by atoms with Gasteiger partial charge in [0.1, 0.15) is 6.61 Å². The van der Waals surface area contributed by atoms with Crippen LogP contribution in [0, 0.1) is 6.92 Å². The number of nitrogens with zero attached hydrogens (tertiary/aromatic N) is 1. The topological polar surface area (TPSA) is 21.6 Å². The summed E-state index contributed by atoms with van der Waals surface area (Å²) in [5.74, 6) is 0. The summed E-state index contributed by atoms with van der Waals surface area (Å²) < 4.78 is 0. The first-order valence-corrected chi connectivity index (χ1v) is 6.03. The number of rotatable bonds is 4. The highest BCUT2D eigenvalue weighted by molar-refractivity contribution is 5.98. The van der Waals surface area contributed by atoms with Crippen LogP contribution in [0.1, 0.15) is 23.6 Å². The minimum atomic E-state index is 0.504. The molecule has 2 heteroatoms. The van der Waals surface area contributed by atoms with Crippen molar-refractivity contribution >= 4 is 5.71 Å².